The summed E-state index contributed by atoms with van der Waals surface area (Å²) in [5, 5.41) is 1.99. The maximum atomic E-state index is 13.3. The molecule has 6 nitrogen and oxygen atoms in total. The number of methoxy groups -OCH3 is 1. The fourth-order valence-electron chi connectivity index (χ4n) is 5.64. The number of amides is 2. The van der Waals surface area contributed by atoms with Crippen molar-refractivity contribution in [2.45, 2.75) is 26.2 Å². The third kappa shape index (κ3) is 2.99. The van der Waals surface area contributed by atoms with Crippen LogP contribution in [0, 0.1) is 17.8 Å². The number of piperidine rings is 1. The van der Waals surface area contributed by atoms with E-state index in [9.17, 15) is 9.59 Å². The van der Waals surface area contributed by atoms with Crippen LogP contribution in [-0.4, -0.2) is 86.5 Å². The molecule has 4 heterocycles. The van der Waals surface area contributed by atoms with Gasteiger partial charge in [-0.05, 0) is 43.2 Å². The van der Waals surface area contributed by atoms with Crippen molar-refractivity contribution in [1.29, 1.82) is 0 Å². The normalized spacial score (nSPS) is 27.5. The molecule has 154 valence electrons. The molecule has 3 saturated heterocycles. The smallest absolute Gasteiger partial charge is 0.264 e. The summed E-state index contributed by atoms with van der Waals surface area (Å²) in [6, 6.07) is 2.01. The zero-order chi connectivity index (χ0) is 19.9. The molecule has 3 fully saturated rings. The second-order valence-corrected chi connectivity index (χ2v) is 9.68. The summed E-state index contributed by atoms with van der Waals surface area (Å²) in [4.78, 5) is 33.4. The van der Waals surface area contributed by atoms with Crippen molar-refractivity contribution in [3.05, 3.63) is 21.9 Å². The number of nitrogens with zero attached hydrogens (tertiary/aromatic N) is 3. The Hall–Kier alpha value is -1.44. The van der Waals surface area contributed by atoms with Crippen molar-refractivity contribution < 1.29 is 14.3 Å². The topological polar surface area (TPSA) is 53.1 Å². The van der Waals surface area contributed by atoms with Crippen LogP contribution in [0.3, 0.4) is 0 Å². The molecule has 0 unspecified atom stereocenters. The molecular weight excluding hydrogens is 374 g/mol. The molecule has 2 spiro atoms. The number of carbonyl (C=O) groups is 2. The second kappa shape index (κ2) is 7.43. The highest BCUT2D eigenvalue weighted by atomic mass is 32.1. The van der Waals surface area contributed by atoms with Crippen LogP contribution in [0.2, 0.25) is 0 Å². The van der Waals surface area contributed by atoms with Gasteiger partial charge in [0.15, 0.2) is 0 Å². The number of likely N-dealkylation sites (tertiary alicyclic amines) is 3. The van der Waals surface area contributed by atoms with Gasteiger partial charge in [-0.3, -0.25) is 14.5 Å². The van der Waals surface area contributed by atoms with E-state index in [1.165, 1.54) is 11.3 Å². The summed E-state index contributed by atoms with van der Waals surface area (Å²) in [7, 11) is 3.66. The first-order valence-electron chi connectivity index (χ1n) is 10.2. The van der Waals surface area contributed by atoms with E-state index in [2.05, 4.69) is 4.90 Å². The first kappa shape index (κ1) is 19.9. The Morgan fingerprint density at radius 3 is 2.54 bits per heavy atom. The van der Waals surface area contributed by atoms with E-state index in [0.717, 1.165) is 69.0 Å². The molecule has 0 aromatic carbocycles. The van der Waals surface area contributed by atoms with Crippen molar-refractivity contribution in [2.75, 3.05) is 60.0 Å². The van der Waals surface area contributed by atoms with Gasteiger partial charge in [-0.25, -0.2) is 0 Å². The molecule has 0 aliphatic carbocycles. The van der Waals surface area contributed by atoms with Crippen LogP contribution >= 0.6 is 11.3 Å². The number of hydrogen-bond donors (Lipinski definition) is 0. The molecule has 0 bridgehead atoms. The third-order valence-corrected chi connectivity index (χ3v) is 8.35. The van der Waals surface area contributed by atoms with Crippen LogP contribution in [0.1, 0.15) is 34.5 Å². The van der Waals surface area contributed by atoms with Crippen LogP contribution in [0.5, 0.6) is 0 Å². The van der Waals surface area contributed by atoms with E-state index in [4.69, 9.17) is 4.74 Å². The number of carbonyl (C=O) groups excluding carboxylic acids is 2. The van der Waals surface area contributed by atoms with Crippen molar-refractivity contribution in [3.8, 4) is 0 Å². The average Bonchev–Trinajstić information content (AvgIpc) is 3.34. The number of aryl methyl sites for hydroxylation is 1. The lowest BCUT2D eigenvalue weighted by Crippen LogP contribution is -2.53. The Bertz CT molecular complexity index is 756. The van der Waals surface area contributed by atoms with E-state index in [1.807, 2.05) is 35.2 Å². The highest BCUT2D eigenvalue weighted by molar-refractivity contribution is 7.12. The molecule has 1 aromatic rings. The Labute approximate surface area is 171 Å². The SMILES string of the molecule is COCCN1CC2(CCN(C(=O)c3sccc3C)CC2)[C@@]2(CCN(C)C2=O)C1. The van der Waals surface area contributed by atoms with Gasteiger partial charge >= 0.3 is 0 Å². The maximum absolute atomic E-state index is 13.3. The minimum absolute atomic E-state index is 0.0239. The predicted molar refractivity (Wildman–Crippen MR) is 110 cm³/mol. The highest BCUT2D eigenvalue weighted by Crippen LogP contribution is 2.57. The molecule has 3 aliphatic rings. The van der Waals surface area contributed by atoms with Gasteiger partial charge in [0.05, 0.1) is 16.9 Å². The zero-order valence-corrected chi connectivity index (χ0v) is 18.0. The van der Waals surface area contributed by atoms with Crippen LogP contribution in [0.4, 0.5) is 0 Å². The lowest BCUT2D eigenvalue weighted by atomic mass is 9.60. The minimum atomic E-state index is -0.288. The van der Waals surface area contributed by atoms with Gasteiger partial charge < -0.3 is 14.5 Å². The van der Waals surface area contributed by atoms with E-state index in [0.29, 0.717) is 12.5 Å². The van der Waals surface area contributed by atoms with E-state index >= 15 is 0 Å². The van der Waals surface area contributed by atoms with Crippen LogP contribution in [0.15, 0.2) is 11.4 Å². The largest absolute Gasteiger partial charge is 0.383 e. The molecule has 1 aromatic heterocycles. The molecule has 3 aliphatic heterocycles. The Balaban J connectivity index is 1.54. The van der Waals surface area contributed by atoms with Gasteiger partial charge in [0.2, 0.25) is 5.91 Å². The molecule has 0 saturated carbocycles. The summed E-state index contributed by atoms with van der Waals surface area (Å²) in [6.07, 6.45) is 2.75. The van der Waals surface area contributed by atoms with Gasteiger partial charge in [-0.15, -0.1) is 11.3 Å². The molecule has 2 amide bonds. The minimum Gasteiger partial charge on any atom is -0.383 e. The summed E-state index contributed by atoms with van der Waals surface area (Å²) in [6.45, 7) is 7.66. The average molecular weight is 406 g/mol. The number of hydrogen-bond acceptors (Lipinski definition) is 5. The van der Waals surface area contributed by atoms with Crippen molar-refractivity contribution in [1.82, 2.24) is 14.7 Å². The summed E-state index contributed by atoms with van der Waals surface area (Å²) in [5.74, 6) is 0.460. The molecule has 4 rings (SSSR count). The predicted octanol–water partition coefficient (Wildman–Crippen LogP) is 2.09. The molecule has 0 N–H and O–H groups in total. The summed E-state index contributed by atoms with van der Waals surface area (Å²) in [5.41, 5.74) is 0.749. The van der Waals surface area contributed by atoms with Gasteiger partial charge in [0.25, 0.3) is 5.91 Å². The fourth-order valence-corrected chi connectivity index (χ4v) is 6.54. The summed E-state index contributed by atoms with van der Waals surface area (Å²) < 4.78 is 5.29. The third-order valence-electron chi connectivity index (χ3n) is 7.34. The molecule has 28 heavy (non-hydrogen) atoms. The van der Waals surface area contributed by atoms with Crippen LogP contribution in [0.25, 0.3) is 0 Å². The quantitative estimate of drug-likeness (QED) is 0.770. The van der Waals surface area contributed by atoms with Gasteiger partial charge in [-0.2, -0.15) is 0 Å². The lowest BCUT2D eigenvalue weighted by Gasteiger charge is -2.47. The van der Waals surface area contributed by atoms with Gasteiger partial charge in [-0.1, -0.05) is 0 Å². The van der Waals surface area contributed by atoms with E-state index < -0.39 is 0 Å². The zero-order valence-electron chi connectivity index (χ0n) is 17.2. The lowest BCUT2D eigenvalue weighted by molar-refractivity contribution is -0.141. The van der Waals surface area contributed by atoms with Crippen molar-refractivity contribution >= 4 is 23.2 Å². The standard InChI is InChI=1S/C21H31N3O3S/c1-16-4-13-28-17(16)18(25)24-9-5-20(6-10-24)14-23(11-12-27-3)15-21(20)7-8-22(2)19(21)26/h4,13H,5-12,14-15H2,1-3H3/t21-/m0/s1. The first-order chi connectivity index (χ1) is 13.4. The van der Waals surface area contributed by atoms with Crippen molar-refractivity contribution in [2.24, 2.45) is 10.8 Å². The molecule has 1 atom stereocenters. The second-order valence-electron chi connectivity index (χ2n) is 8.77. The van der Waals surface area contributed by atoms with E-state index in [-0.39, 0.29) is 16.7 Å². The monoisotopic (exact) mass is 405 g/mol. The van der Waals surface area contributed by atoms with Gasteiger partial charge in [0.1, 0.15) is 0 Å². The fraction of sp³-hybridized carbons (Fsp3) is 0.714. The Morgan fingerprint density at radius 1 is 1.21 bits per heavy atom. The number of rotatable bonds is 4. The van der Waals surface area contributed by atoms with Crippen LogP contribution in [-0.2, 0) is 9.53 Å². The van der Waals surface area contributed by atoms with Gasteiger partial charge in [0, 0.05) is 58.8 Å². The summed E-state index contributed by atoms with van der Waals surface area (Å²) >= 11 is 1.53. The number of fused-ring (bicyclic) bond motifs is 1. The maximum Gasteiger partial charge on any atom is 0.264 e. The number of thiophene rings is 1. The molecular formula is C21H31N3O3S. The number of ether oxygens (including phenoxy) is 1. The molecule has 0 radical (unpaired) electrons. The van der Waals surface area contributed by atoms with Crippen LogP contribution < -0.4 is 0 Å². The molecule has 7 heteroatoms. The first-order valence-corrected chi connectivity index (χ1v) is 11.1. The Kier molecular flexibility index (Phi) is 5.27. The van der Waals surface area contributed by atoms with Crippen molar-refractivity contribution in [3.63, 3.8) is 0 Å². The van der Waals surface area contributed by atoms with E-state index in [1.54, 1.807) is 7.11 Å². The Morgan fingerprint density at radius 2 is 1.96 bits per heavy atom. The highest BCUT2D eigenvalue weighted by Gasteiger charge is 2.64.